The molecule has 0 aromatic carbocycles. The predicted molar refractivity (Wildman–Crippen MR) is 86.7 cm³/mol. The molecule has 0 radical (unpaired) electrons. The molecule has 0 amide bonds. The van der Waals surface area contributed by atoms with Crippen LogP contribution in [0, 0.1) is 5.92 Å². The van der Waals surface area contributed by atoms with E-state index in [4.69, 9.17) is 4.42 Å². The molecule has 24 heavy (non-hydrogen) atoms. The SMILES string of the molecule is CCCCC(C)Cc1cc(=O)c(O)c(C2=CC(=O)C(=O)CC2=O)o1. The van der Waals surface area contributed by atoms with Crippen LogP contribution in [-0.4, -0.2) is 22.5 Å². The zero-order valence-corrected chi connectivity index (χ0v) is 13.8. The maximum atomic E-state index is 12.0. The van der Waals surface area contributed by atoms with Gasteiger partial charge in [-0.3, -0.25) is 19.2 Å². The number of aromatic hydroxyl groups is 1. The maximum absolute atomic E-state index is 12.0. The second kappa shape index (κ2) is 7.38. The van der Waals surface area contributed by atoms with Crippen LogP contribution in [0.5, 0.6) is 5.75 Å². The van der Waals surface area contributed by atoms with Crippen LogP contribution < -0.4 is 5.43 Å². The highest BCUT2D eigenvalue weighted by atomic mass is 16.4. The Kier molecular flexibility index (Phi) is 5.49. The summed E-state index contributed by atoms with van der Waals surface area (Å²) in [6.45, 7) is 4.11. The van der Waals surface area contributed by atoms with Gasteiger partial charge in [-0.2, -0.15) is 0 Å². The molecule has 6 nitrogen and oxygen atoms in total. The zero-order chi connectivity index (χ0) is 17.9. The second-order valence-corrected chi connectivity index (χ2v) is 6.15. The lowest BCUT2D eigenvalue weighted by Crippen LogP contribution is -2.23. The zero-order valence-electron chi connectivity index (χ0n) is 13.8. The van der Waals surface area contributed by atoms with E-state index >= 15 is 0 Å². The van der Waals surface area contributed by atoms with E-state index in [0.29, 0.717) is 12.2 Å². The molecule has 6 heteroatoms. The van der Waals surface area contributed by atoms with Gasteiger partial charge >= 0.3 is 0 Å². The molecule has 0 bridgehead atoms. The Labute approximate surface area is 139 Å². The number of rotatable bonds is 6. The highest BCUT2D eigenvalue weighted by Crippen LogP contribution is 2.28. The van der Waals surface area contributed by atoms with Crippen LogP contribution in [0.25, 0.3) is 5.57 Å². The van der Waals surface area contributed by atoms with E-state index in [-0.39, 0.29) is 17.3 Å². The first-order valence-electron chi connectivity index (χ1n) is 8.01. The third kappa shape index (κ3) is 3.88. The minimum Gasteiger partial charge on any atom is -0.502 e. The van der Waals surface area contributed by atoms with Crippen molar-refractivity contribution >= 4 is 22.9 Å². The molecule has 0 spiro atoms. The van der Waals surface area contributed by atoms with E-state index in [1.807, 2.05) is 6.92 Å². The first-order chi connectivity index (χ1) is 11.3. The molecule has 0 saturated heterocycles. The fraction of sp³-hybridized carbons (Fsp3) is 0.444. The lowest BCUT2D eigenvalue weighted by atomic mass is 9.93. The molecule has 1 aliphatic carbocycles. The number of unbranched alkanes of at least 4 members (excludes halogenated alkanes) is 1. The molecule has 2 rings (SSSR count). The van der Waals surface area contributed by atoms with Crippen LogP contribution in [0.1, 0.15) is 51.1 Å². The number of carbonyl (C=O) groups excluding carboxylic acids is 3. The van der Waals surface area contributed by atoms with Crippen molar-refractivity contribution in [1.82, 2.24) is 0 Å². The van der Waals surface area contributed by atoms with Crippen molar-refractivity contribution in [1.29, 1.82) is 0 Å². The Hall–Kier alpha value is -2.50. The van der Waals surface area contributed by atoms with E-state index in [1.54, 1.807) is 0 Å². The molecular weight excluding hydrogens is 312 g/mol. The van der Waals surface area contributed by atoms with Crippen molar-refractivity contribution < 1.29 is 23.9 Å². The third-order valence-electron chi connectivity index (χ3n) is 3.99. The summed E-state index contributed by atoms with van der Waals surface area (Å²) in [6, 6.07) is 1.20. The molecule has 128 valence electrons. The van der Waals surface area contributed by atoms with Gasteiger partial charge in [-0.15, -0.1) is 0 Å². The molecule has 0 aliphatic heterocycles. The van der Waals surface area contributed by atoms with Gasteiger partial charge in [0.15, 0.2) is 11.5 Å². The van der Waals surface area contributed by atoms with E-state index in [1.165, 1.54) is 6.07 Å². The Balaban J connectivity index is 2.39. The smallest absolute Gasteiger partial charge is 0.227 e. The van der Waals surface area contributed by atoms with E-state index < -0.39 is 34.9 Å². The summed E-state index contributed by atoms with van der Waals surface area (Å²) >= 11 is 0. The lowest BCUT2D eigenvalue weighted by Gasteiger charge is -2.14. The number of Topliss-reactive ketones (excluding diaryl/α,β-unsaturated/α-hetero) is 2. The molecule has 1 heterocycles. The van der Waals surface area contributed by atoms with Crippen LogP contribution in [0.2, 0.25) is 0 Å². The summed E-state index contributed by atoms with van der Waals surface area (Å²) in [5.74, 6) is -2.73. The van der Waals surface area contributed by atoms with Crippen molar-refractivity contribution in [2.45, 2.75) is 46.0 Å². The number of hydrogen-bond acceptors (Lipinski definition) is 6. The van der Waals surface area contributed by atoms with Crippen LogP contribution in [-0.2, 0) is 20.8 Å². The number of ketones is 3. The van der Waals surface area contributed by atoms with Crippen molar-refractivity contribution in [3.63, 3.8) is 0 Å². The third-order valence-corrected chi connectivity index (χ3v) is 3.99. The lowest BCUT2D eigenvalue weighted by molar-refractivity contribution is -0.136. The van der Waals surface area contributed by atoms with Gasteiger partial charge in [0.2, 0.25) is 22.7 Å². The quantitative estimate of drug-likeness (QED) is 0.633. The topological polar surface area (TPSA) is 102 Å². The van der Waals surface area contributed by atoms with Crippen LogP contribution in [0.3, 0.4) is 0 Å². The van der Waals surface area contributed by atoms with Gasteiger partial charge in [0.25, 0.3) is 0 Å². The fourth-order valence-corrected chi connectivity index (χ4v) is 2.63. The Bertz CT molecular complexity index is 768. The predicted octanol–water partition coefficient (Wildman–Crippen LogP) is 2.21. The first-order valence-corrected chi connectivity index (χ1v) is 8.01. The molecule has 1 aliphatic rings. The summed E-state index contributed by atoms with van der Waals surface area (Å²) < 4.78 is 5.53. The second-order valence-electron chi connectivity index (χ2n) is 6.15. The van der Waals surface area contributed by atoms with Crippen molar-refractivity contribution in [2.24, 2.45) is 5.92 Å². The van der Waals surface area contributed by atoms with Crippen molar-refractivity contribution in [3.8, 4) is 5.75 Å². The van der Waals surface area contributed by atoms with Crippen LogP contribution in [0.4, 0.5) is 0 Å². The molecule has 1 atom stereocenters. The molecule has 1 aromatic heterocycles. The number of carbonyl (C=O) groups is 3. The number of allylic oxidation sites excluding steroid dienone is 2. The first kappa shape index (κ1) is 17.8. The molecule has 0 saturated carbocycles. The summed E-state index contributed by atoms with van der Waals surface area (Å²) in [6.07, 6.45) is 3.81. The van der Waals surface area contributed by atoms with Crippen molar-refractivity contribution in [3.05, 3.63) is 33.9 Å². The van der Waals surface area contributed by atoms with Gasteiger partial charge in [-0.05, 0) is 5.92 Å². The van der Waals surface area contributed by atoms with Crippen molar-refractivity contribution in [2.75, 3.05) is 0 Å². The fourth-order valence-electron chi connectivity index (χ4n) is 2.63. The highest BCUT2D eigenvalue weighted by molar-refractivity contribution is 6.53. The summed E-state index contributed by atoms with van der Waals surface area (Å²) in [5, 5.41) is 9.92. The van der Waals surface area contributed by atoms with Crippen LogP contribution in [0.15, 0.2) is 21.4 Å². The maximum Gasteiger partial charge on any atom is 0.227 e. The summed E-state index contributed by atoms with van der Waals surface area (Å²) in [7, 11) is 0. The van der Waals surface area contributed by atoms with E-state index in [2.05, 4.69) is 6.92 Å². The van der Waals surface area contributed by atoms with Gasteiger partial charge in [-0.1, -0.05) is 33.1 Å². The Morgan fingerprint density at radius 2 is 1.92 bits per heavy atom. The van der Waals surface area contributed by atoms with Gasteiger partial charge < -0.3 is 9.52 Å². The largest absolute Gasteiger partial charge is 0.502 e. The Morgan fingerprint density at radius 1 is 1.21 bits per heavy atom. The average Bonchev–Trinajstić information content (AvgIpc) is 2.52. The minimum atomic E-state index is -0.839. The average molecular weight is 332 g/mol. The van der Waals surface area contributed by atoms with Gasteiger partial charge in [0, 0.05) is 18.6 Å². The van der Waals surface area contributed by atoms with Gasteiger partial charge in [0.05, 0.1) is 12.0 Å². The highest BCUT2D eigenvalue weighted by Gasteiger charge is 2.30. The minimum absolute atomic E-state index is 0.225. The molecular formula is C18H20O6. The summed E-state index contributed by atoms with van der Waals surface area (Å²) in [4.78, 5) is 46.7. The van der Waals surface area contributed by atoms with Crippen LogP contribution >= 0.6 is 0 Å². The monoisotopic (exact) mass is 332 g/mol. The molecule has 0 fully saturated rings. The standard InChI is InChI=1S/C18H20O6/c1-3-4-5-10(2)6-11-7-16(22)17(23)18(24-11)12-8-14(20)15(21)9-13(12)19/h7-8,10,23H,3-6,9H2,1-2H3. The van der Waals surface area contributed by atoms with Gasteiger partial charge in [0.1, 0.15) is 5.76 Å². The van der Waals surface area contributed by atoms with E-state index in [0.717, 1.165) is 25.3 Å². The Morgan fingerprint density at radius 3 is 2.58 bits per heavy atom. The van der Waals surface area contributed by atoms with Gasteiger partial charge in [-0.25, -0.2) is 0 Å². The molecule has 1 unspecified atom stereocenters. The molecule has 1 aromatic rings. The molecule has 1 N–H and O–H groups in total. The number of hydrogen-bond donors (Lipinski definition) is 1. The summed E-state index contributed by atoms with van der Waals surface area (Å²) in [5.41, 5.74) is -0.899. The normalized spacial score (nSPS) is 16.2. The van der Waals surface area contributed by atoms with E-state index in [9.17, 15) is 24.3 Å².